The smallest absolute Gasteiger partial charge is 0.325 e. The summed E-state index contributed by atoms with van der Waals surface area (Å²) < 4.78 is 5.42. The minimum absolute atomic E-state index is 0.0986. The predicted octanol–water partition coefficient (Wildman–Crippen LogP) is 3.43. The van der Waals surface area contributed by atoms with Crippen LogP contribution >= 0.6 is 0 Å². The molecule has 2 aromatic carbocycles. The van der Waals surface area contributed by atoms with Crippen molar-refractivity contribution in [1.82, 2.24) is 20.3 Å². The lowest BCUT2D eigenvalue weighted by molar-refractivity contribution is -0.133. The minimum Gasteiger partial charge on any atom is -0.356 e. The summed E-state index contributed by atoms with van der Waals surface area (Å²) in [5.41, 5.74) is 1.79. The molecule has 3 aromatic rings. The molecule has 1 aromatic heterocycles. The second-order valence-electron chi connectivity index (χ2n) is 8.25. The number of likely N-dealkylation sites (tertiary alicyclic amines) is 1. The number of nitrogens with one attached hydrogen (secondary N) is 1. The van der Waals surface area contributed by atoms with E-state index < -0.39 is 5.54 Å². The van der Waals surface area contributed by atoms with Gasteiger partial charge in [-0.05, 0) is 24.9 Å². The van der Waals surface area contributed by atoms with Gasteiger partial charge in [0.1, 0.15) is 11.2 Å². The standard InChI is InChI=1S/C24H24N4O3/c29-22-24(12-7-13-27(17-24)15-18-8-3-1-4-9-18)25-23(30)28(22)16-20-14-21(31-26-20)19-10-5-2-6-11-19/h1-6,8-11,14H,7,12-13,15-17H2,(H,25,30). The summed E-state index contributed by atoms with van der Waals surface area (Å²) in [7, 11) is 0. The normalized spacial score (nSPS) is 21.6. The Bertz CT molecular complexity index is 1080. The van der Waals surface area contributed by atoms with Crippen molar-refractivity contribution in [2.45, 2.75) is 31.5 Å². The maximum atomic E-state index is 13.3. The van der Waals surface area contributed by atoms with Crippen LogP contribution in [-0.4, -0.2) is 45.5 Å². The molecule has 1 N–H and O–H groups in total. The van der Waals surface area contributed by atoms with Crippen molar-refractivity contribution in [3.8, 4) is 11.3 Å². The fourth-order valence-electron chi connectivity index (χ4n) is 4.50. The molecule has 7 heteroatoms. The molecule has 1 unspecified atom stereocenters. The van der Waals surface area contributed by atoms with Crippen LogP contribution in [0.15, 0.2) is 71.3 Å². The third kappa shape index (κ3) is 3.84. The van der Waals surface area contributed by atoms with Gasteiger partial charge in [0.2, 0.25) is 0 Å². The van der Waals surface area contributed by atoms with E-state index in [1.165, 1.54) is 10.5 Å². The van der Waals surface area contributed by atoms with Crippen molar-refractivity contribution in [3.63, 3.8) is 0 Å². The minimum atomic E-state index is -0.865. The summed E-state index contributed by atoms with van der Waals surface area (Å²) in [6.45, 7) is 2.28. The van der Waals surface area contributed by atoms with Crippen molar-refractivity contribution >= 4 is 11.9 Å². The maximum absolute atomic E-state index is 13.3. The fraction of sp³-hybridized carbons (Fsp3) is 0.292. The highest BCUT2D eigenvalue weighted by Gasteiger charge is 2.53. The molecule has 158 valence electrons. The molecule has 3 heterocycles. The first kappa shape index (κ1) is 19.5. The molecule has 1 spiro atoms. The molecule has 2 saturated heterocycles. The first-order chi connectivity index (χ1) is 15.1. The van der Waals surface area contributed by atoms with Gasteiger partial charge in [-0.15, -0.1) is 0 Å². The van der Waals surface area contributed by atoms with Crippen molar-refractivity contribution in [3.05, 3.63) is 78.0 Å². The summed E-state index contributed by atoms with van der Waals surface area (Å²) in [5, 5.41) is 7.05. The molecule has 2 aliphatic heterocycles. The van der Waals surface area contributed by atoms with Crippen molar-refractivity contribution in [1.29, 1.82) is 0 Å². The first-order valence-electron chi connectivity index (χ1n) is 10.5. The van der Waals surface area contributed by atoms with E-state index in [2.05, 4.69) is 27.5 Å². The van der Waals surface area contributed by atoms with Gasteiger partial charge in [0, 0.05) is 24.7 Å². The number of carbonyl (C=O) groups is 2. The number of amides is 3. The van der Waals surface area contributed by atoms with E-state index in [4.69, 9.17) is 4.52 Å². The molecule has 3 amide bonds. The fourth-order valence-corrected chi connectivity index (χ4v) is 4.50. The van der Waals surface area contributed by atoms with Crippen LogP contribution in [0.2, 0.25) is 0 Å². The number of carbonyl (C=O) groups excluding carboxylic acids is 2. The van der Waals surface area contributed by atoms with Crippen molar-refractivity contribution in [2.24, 2.45) is 0 Å². The highest BCUT2D eigenvalue weighted by molar-refractivity contribution is 6.07. The Morgan fingerprint density at radius 3 is 2.52 bits per heavy atom. The van der Waals surface area contributed by atoms with Gasteiger partial charge < -0.3 is 9.84 Å². The lowest BCUT2D eigenvalue weighted by Gasteiger charge is -2.38. The molecular weight excluding hydrogens is 392 g/mol. The van der Waals surface area contributed by atoms with Crippen LogP contribution in [0.4, 0.5) is 4.79 Å². The molecule has 2 aliphatic rings. The highest BCUT2D eigenvalue weighted by Crippen LogP contribution is 2.30. The summed E-state index contributed by atoms with van der Waals surface area (Å²) in [4.78, 5) is 29.6. The maximum Gasteiger partial charge on any atom is 0.325 e. The van der Waals surface area contributed by atoms with Crippen LogP contribution < -0.4 is 5.32 Å². The van der Waals surface area contributed by atoms with Gasteiger partial charge in [-0.2, -0.15) is 0 Å². The second-order valence-corrected chi connectivity index (χ2v) is 8.25. The van der Waals surface area contributed by atoms with Crippen LogP contribution in [-0.2, 0) is 17.9 Å². The largest absolute Gasteiger partial charge is 0.356 e. The second kappa shape index (κ2) is 8.00. The number of nitrogens with zero attached hydrogens (tertiary/aromatic N) is 3. The van der Waals surface area contributed by atoms with E-state index in [0.29, 0.717) is 24.4 Å². The van der Waals surface area contributed by atoms with Crippen LogP contribution in [0.25, 0.3) is 11.3 Å². The molecule has 2 fully saturated rings. The topological polar surface area (TPSA) is 78.7 Å². The monoisotopic (exact) mass is 416 g/mol. The summed E-state index contributed by atoms with van der Waals surface area (Å²) >= 11 is 0. The lowest BCUT2D eigenvalue weighted by Crippen LogP contribution is -2.58. The first-order valence-corrected chi connectivity index (χ1v) is 10.5. The van der Waals surface area contributed by atoms with E-state index in [9.17, 15) is 9.59 Å². The zero-order valence-corrected chi connectivity index (χ0v) is 17.2. The zero-order chi connectivity index (χ0) is 21.3. The van der Waals surface area contributed by atoms with E-state index in [0.717, 1.165) is 25.1 Å². The molecule has 0 radical (unpaired) electrons. The SMILES string of the molecule is O=C1NC2(CCCN(Cc3ccccc3)C2)C(=O)N1Cc1cc(-c2ccccc2)on1. The number of aromatic nitrogens is 1. The average molecular weight is 416 g/mol. The number of hydrogen-bond acceptors (Lipinski definition) is 5. The summed E-state index contributed by atoms with van der Waals surface area (Å²) in [6, 6.07) is 21.2. The third-order valence-corrected chi connectivity index (χ3v) is 6.00. The predicted molar refractivity (Wildman–Crippen MR) is 115 cm³/mol. The Labute approximate surface area is 180 Å². The Balaban J connectivity index is 1.29. The molecule has 31 heavy (non-hydrogen) atoms. The Kier molecular flexibility index (Phi) is 5.03. The van der Waals surface area contributed by atoms with Gasteiger partial charge in [-0.1, -0.05) is 65.8 Å². The van der Waals surface area contributed by atoms with Crippen LogP contribution in [0, 0.1) is 0 Å². The average Bonchev–Trinajstić information content (AvgIpc) is 3.34. The molecule has 7 nitrogen and oxygen atoms in total. The third-order valence-electron chi connectivity index (χ3n) is 6.00. The number of piperidine rings is 1. The van der Waals surface area contributed by atoms with Crippen LogP contribution in [0.5, 0.6) is 0 Å². The quantitative estimate of drug-likeness (QED) is 0.645. The van der Waals surface area contributed by atoms with Crippen molar-refractivity contribution in [2.75, 3.05) is 13.1 Å². The summed E-state index contributed by atoms with van der Waals surface area (Å²) in [5.74, 6) is 0.434. The zero-order valence-electron chi connectivity index (χ0n) is 17.2. The highest BCUT2D eigenvalue weighted by atomic mass is 16.5. The Morgan fingerprint density at radius 2 is 1.74 bits per heavy atom. The van der Waals surface area contributed by atoms with Crippen molar-refractivity contribution < 1.29 is 14.1 Å². The molecule has 1 atom stereocenters. The van der Waals surface area contributed by atoms with Crippen LogP contribution in [0.1, 0.15) is 24.1 Å². The van der Waals surface area contributed by atoms with Gasteiger partial charge in [-0.3, -0.25) is 14.6 Å². The van der Waals surface area contributed by atoms with Gasteiger partial charge in [0.15, 0.2) is 5.76 Å². The van der Waals surface area contributed by atoms with E-state index in [1.807, 2.05) is 48.5 Å². The number of rotatable bonds is 5. The Morgan fingerprint density at radius 1 is 1.00 bits per heavy atom. The summed E-state index contributed by atoms with van der Waals surface area (Å²) in [6.07, 6.45) is 1.50. The molecule has 0 bridgehead atoms. The lowest BCUT2D eigenvalue weighted by atomic mass is 9.88. The van der Waals surface area contributed by atoms with Gasteiger partial charge in [0.25, 0.3) is 5.91 Å². The molecular formula is C24H24N4O3. The van der Waals surface area contributed by atoms with Gasteiger partial charge in [-0.25, -0.2) is 4.79 Å². The Hall–Kier alpha value is -3.45. The number of urea groups is 1. The van der Waals surface area contributed by atoms with E-state index in [1.54, 1.807) is 6.07 Å². The molecule has 0 aliphatic carbocycles. The molecule has 0 saturated carbocycles. The van der Waals surface area contributed by atoms with E-state index in [-0.39, 0.29) is 18.5 Å². The van der Waals surface area contributed by atoms with Gasteiger partial charge >= 0.3 is 6.03 Å². The number of benzene rings is 2. The number of hydrogen-bond donors (Lipinski definition) is 1. The van der Waals surface area contributed by atoms with Crippen LogP contribution in [0.3, 0.4) is 0 Å². The van der Waals surface area contributed by atoms with E-state index >= 15 is 0 Å². The number of imide groups is 1. The van der Waals surface area contributed by atoms with Gasteiger partial charge in [0.05, 0.1) is 6.54 Å². The molecule has 5 rings (SSSR count).